The maximum Gasteiger partial charge on any atom is 0.0907 e. The van der Waals surface area contributed by atoms with E-state index in [9.17, 15) is 0 Å². The number of rotatable bonds is 3. The highest BCUT2D eigenvalue weighted by molar-refractivity contribution is 9.11. The van der Waals surface area contributed by atoms with Gasteiger partial charge in [-0.1, -0.05) is 0 Å². The summed E-state index contributed by atoms with van der Waals surface area (Å²) in [6, 6.07) is 10.5. The molecule has 0 amide bonds. The van der Waals surface area contributed by atoms with Gasteiger partial charge in [0.15, 0.2) is 0 Å². The van der Waals surface area contributed by atoms with Crippen LogP contribution in [0.5, 0.6) is 0 Å². The van der Waals surface area contributed by atoms with Crippen molar-refractivity contribution in [1.82, 2.24) is 9.97 Å². The molecule has 0 saturated carbocycles. The number of thiophene rings is 1. The Balaban J connectivity index is 1.84. The second-order valence-electron chi connectivity index (χ2n) is 4.27. The van der Waals surface area contributed by atoms with E-state index in [1.165, 1.54) is 4.88 Å². The molecule has 2 aromatic heterocycles. The summed E-state index contributed by atoms with van der Waals surface area (Å²) in [5.74, 6) is 0. The van der Waals surface area contributed by atoms with Crippen LogP contribution >= 0.6 is 27.3 Å². The third-order valence-electron chi connectivity index (χ3n) is 2.87. The van der Waals surface area contributed by atoms with Crippen molar-refractivity contribution in [1.29, 1.82) is 0 Å². The molecule has 0 fully saturated rings. The Morgan fingerprint density at radius 3 is 2.63 bits per heavy atom. The smallest absolute Gasteiger partial charge is 0.0907 e. The third kappa shape index (κ3) is 2.77. The second kappa shape index (κ2) is 5.27. The summed E-state index contributed by atoms with van der Waals surface area (Å²) < 4.78 is 1.15. The summed E-state index contributed by atoms with van der Waals surface area (Å²) in [6.45, 7) is 2.15. The van der Waals surface area contributed by atoms with E-state index < -0.39 is 0 Å². The Morgan fingerprint density at radius 2 is 1.89 bits per heavy atom. The number of hydrogen-bond donors (Lipinski definition) is 1. The normalized spacial score (nSPS) is 12.5. The predicted octanol–water partition coefficient (Wildman–Crippen LogP) is 4.63. The van der Waals surface area contributed by atoms with Crippen LogP contribution in [0.1, 0.15) is 17.8 Å². The minimum Gasteiger partial charge on any atom is -0.378 e. The van der Waals surface area contributed by atoms with Gasteiger partial charge < -0.3 is 5.32 Å². The summed E-state index contributed by atoms with van der Waals surface area (Å²) in [5, 5.41) is 3.49. The average Bonchev–Trinajstić information content (AvgIpc) is 2.85. The van der Waals surface area contributed by atoms with Crippen LogP contribution in [0.4, 0.5) is 5.69 Å². The Hall–Kier alpha value is -1.46. The van der Waals surface area contributed by atoms with Crippen LogP contribution in [-0.2, 0) is 0 Å². The van der Waals surface area contributed by atoms with Gasteiger partial charge in [-0.25, -0.2) is 0 Å². The summed E-state index contributed by atoms with van der Waals surface area (Å²) in [4.78, 5) is 9.88. The summed E-state index contributed by atoms with van der Waals surface area (Å²) >= 11 is 5.24. The van der Waals surface area contributed by atoms with Gasteiger partial charge in [-0.3, -0.25) is 9.97 Å². The molecule has 1 unspecified atom stereocenters. The third-order valence-corrected chi connectivity index (χ3v) is 4.68. The fourth-order valence-electron chi connectivity index (χ4n) is 1.94. The Morgan fingerprint density at radius 1 is 1.11 bits per heavy atom. The van der Waals surface area contributed by atoms with Crippen molar-refractivity contribution in [3.8, 4) is 0 Å². The molecule has 0 radical (unpaired) electrons. The Kier molecular flexibility index (Phi) is 3.48. The van der Waals surface area contributed by atoms with Crippen molar-refractivity contribution in [2.24, 2.45) is 0 Å². The predicted molar refractivity (Wildman–Crippen MR) is 83.6 cm³/mol. The second-order valence-corrected chi connectivity index (χ2v) is 6.76. The van der Waals surface area contributed by atoms with E-state index in [0.29, 0.717) is 0 Å². The van der Waals surface area contributed by atoms with Gasteiger partial charge in [0, 0.05) is 23.0 Å². The van der Waals surface area contributed by atoms with E-state index in [1.807, 2.05) is 18.2 Å². The van der Waals surface area contributed by atoms with Gasteiger partial charge in [0.1, 0.15) is 0 Å². The van der Waals surface area contributed by atoms with Gasteiger partial charge in [-0.15, -0.1) is 11.3 Å². The van der Waals surface area contributed by atoms with Crippen LogP contribution in [0.25, 0.3) is 11.0 Å². The monoisotopic (exact) mass is 333 g/mol. The van der Waals surface area contributed by atoms with Crippen molar-refractivity contribution < 1.29 is 0 Å². The molecular formula is C14H12BrN3S. The quantitative estimate of drug-likeness (QED) is 0.759. The highest BCUT2D eigenvalue weighted by atomic mass is 79.9. The first-order valence-electron chi connectivity index (χ1n) is 5.95. The zero-order valence-corrected chi connectivity index (χ0v) is 12.7. The number of hydrogen-bond acceptors (Lipinski definition) is 4. The lowest BCUT2D eigenvalue weighted by atomic mass is 10.2. The number of nitrogens with zero attached hydrogens (tertiary/aromatic N) is 2. The molecule has 96 valence electrons. The van der Waals surface area contributed by atoms with E-state index in [4.69, 9.17) is 0 Å². The molecule has 1 N–H and O–H groups in total. The molecule has 3 rings (SSSR count). The SMILES string of the molecule is CC(Nc1ccc2nccnc2c1)c1ccc(Br)s1. The van der Waals surface area contributed by atoms with Crippen LogP contribution < -0.4 is 5.32 Å². The summed E-state index contributed by atoms with van der Waals surface area (Å²) in [5.41, 5.74) is 2.89. The molecule has 1 aromatic carbocycles. The molecule has 3 nitrogen and oxygen atoms in total. The van der Waals surface area contributed by atoms with Crippen molar-refractivity contribution in [3.05, 3.63) is 51.4 Å². The van der Waals surface area contributed by atoms with Gasteiger partial charge in [0.05, 0.1) is 20.9 Å². The molecule has 0 aliphatic carbocycles. The van der Waals surface area contributed by atoms with Crippen LogP contribution in [0.2, 0.25) is 0 Å². The standard InChI is InChI=1S/C14H12BrN3S/c1-9(13-4-5-14(15)19-13)18-10-2-3-11-12(8-10)17-7-6-16-11/h2-9,18H,1H3. The molecule has 1 atom stereocenters. The lowest BCUT2D eigenvalue weighted by Crippen LogP contribution is -2.04. The van der Waals surface area contributed by atoms with Gasteiger partial charge in [0.2, 0.25) is 0 Å². The molecular weight excluding hydrogens is 322 g/mol. The minimum atomic E-state index is 0.269. The van der Waals surface area contributed by atoms with E-state index in [2.05, 4.69) is 50.3 Å². The number of aromatic nitrogens is 2. The van der Waals surface area contributed by atoms with E-state index in [0.717, 1.165) is 20.5 Å². The molecule has 0 spiro atoms. The maximum absolute atomic E-state index is 4.32. The molecule has 2 heterocycles. The first-order chi connectivity index (χ1) is 9.22. The lowest BCUT2D eigenvalue weighted by molar-refractivity contribution is 0.908. The number of anilines is 1. The highest BCUT2D eigenvalue weighted by Gasteiger charge is 2.08. The topological polar surface area (TPSA) is 37.8 Å². The van der Waals surface area contributed by atoms with Crippen molar-refractivity contribution in [2.45, 2.75) is 13.0 Å². The zero-order valence-electron chi connectivity index (χ0n) is 10.3. The maximum atomic E-state index is 4.32. The molecule has 0 aliphatic rings. The van der Waals surface area contributed by atoms with E-state index in [1.54, 1.807) is 23.7 Å². The number of benzene rings is 1. The number of halogens is 1. The molecule has 5 heteroatoms. The van der Waals surface area contributed by atoms with Crippen molar-refractivity contribution in [2.75, 3.05) is 5.32 Å². The van der Waals surface area contributed by atoms with Gasteiger partial charge >= 0.3 is 0 Å². The summed E-state index contributed by atoms with van der Waals surface area (Å²) in [6.07, 6.45) is 3.42. The summed E-state index contributed by atoms with van der Waals surface area (Å²) in [7, 11) is 0. The van der Waals surface area contributed by atoms with Crippen LogP contribution in [0, 0.1) is 0 Å². The first kappa shape index (κ1) is 12.6. The minimum absolute atomic E-state index is 0.269. The van der Waals surface area contributed by atoms with Gasteiger partial charge in [-0.05, 0) is 53.2 Å². The van der Waals surface area contributed by atoms with Gasteiger partial charge in [-0.2, -0.15) is 0 Å². The lowest BCUT2D eigenvalue weighted by Gasteiger charge is -2.13. The van der Waals surface area contributed by atoms with Crippen molar-refractivity contribution in [3.63, 3.8) is 0 Å². The Bertz CT molecular complexity index is 710. The molecule has 0 aliphatic heterocycles. The van der Waals surface area contributed by atoms with Crippen LogP contribution in [0.3, 0.4) is 0 Å². The van der Waals surface area contributed by atoms with E-state index in [-0.39, 0.29) is 6.04 Å². The molecule has 19 heavy (non-hydrogen) atoms. The molecule has 0 bridgehead atoms. The zero-order chi connectivity index (χ0) is 13.2. The fraction of sp³-hybridized carbons (Fsp3) is 0.143. The fourth-order valence-corrected chi connectivity index (χ4v) is 3.36. The molecule has 0 saturated heterocycles. The van der Waals surface area contributed by atoms with Gasteiger partial charge in [0.25, 0.3) is 0 Å². The van der Waals surface area contributed by atoms with Crippen LogP contribution in [-0.4, -0.2) is 9.97 Å². The number of fused-ring (bicyclic) bond motifs is 1. The van der Waals surface area contributed by atoms with E-state index >= 15 is 0 Å². The van der Waals surface area contributed by atoms with Crippen molar-refractivity contribution >= 4 is 44.0 Å². The Labute approximate surface area is 123 Å². The average molecular weight is 334 g/mol. The van der Waals surface area contributed by atoms with Crippen LogP contribution in [0.15, 0.2) is 46.5 Å². The highest BCUT2D eigenvalue weighted by Crippen LogP contribution is 2.29. The first-order valence-corrected chi connectivity index (χ1v) is 7.56. The molecule has 3 aromatic rings. The number of nitrogens with one attached hydrogen (secondary N) is 1. The largest absolute Gasteiger partial charge is 0.378 e.